The van der Waals surface area contributed by atoms with E-state index < -0.39 is 0 Å². The van der Waals surface area contributed by atoms with Gasteiger partial charge in [-0.15, -0.1) is 13.2 Å². The minimum absolute atomic E-state index is 0.140. The van der Waals surface area contributed by atoms with Gasteiger partial charge in [0.2, 0.25) is 0 Å². The maximum atomic E-state index is 8.82. The molecule has 0 radical (unpaired) electrons. The average molecular weight is 109 g/mol. The molecule has 0 heterocycles. The van der Waals surface area contributed by atoms with Gasteiger partial charge < -0.3 is 4.29 Å². The zero-order valence-corrected chi connectivity index (χ0v) is 3.94. The van der Waals surface area contributed by atoms with Crippen molar-refractivity contribution in [2.45, 2.75) is 0 Å². The van der Waals surface area contributed by atoms with E-state index in [0.29, 0.717) is 0 Å². The van der Waals surface area contributed by atoms with Crippen molar-refractivity contribution in [3.05, 3.63) is 13.2 Å². The molecule has 0 saturated carbocycles. The summed E-state index contributed by atoms with van der Waals surface area (Å²) in [6, 6.07) is 0. The van der Waals surface area contributed by atoms with Gasteiger partial charge in [-0.3, -0.25) is 4.79 Å². The maximum absolute atomic E-state index is 8.82. The lowest BCUT2D eigenvalue weighted by molar-refractivity contribution is -0.120. The Labute approximate surface area is 41.5 Å². The Bertz CT molecular complexity index is 30.0. The van der Waals surface area contributed by atoms with E-state index in [1.807, 2.05) is 0 Å². The summed E-state index contributed by atoms with van der Waals surface area (Å²) < 4.78 is 3.33. The summed E-state index contributed by atoms with van der Waals surface area (Å²) in [7, 11) is 0. The van der Waals surface area contributed by atoms with Crippen LogP contribution in [0.15, 0.2) is 13.2 Å². The van der Waals surface area contributed by atoms with Gasteiger partial charge in [0.1, 0.15) is 11.9 Å². The zero-order valence-electron chi connectivity index (χ0n) is 3.19. The third-order valence-corrected chi connectivity index (χ3v) is 0.109. The van der Waals surface area contributed by atoms with Gasteiger partial charge >= 0.3 is 6.47 Å². The average Bonchev–Trinajstić information content (AvgIpc) is 1.72. The van der Waals surface area contributed by atoms with Gasteiger partial charge in [-0.1, -0.05) is 0 Å². The van der Waals surface area contributed by atoms with E-state index in [4.69, 9.17) is 4.79 Å². The molecule has 0 fully saturated rings. The number of rotatable bonds is 1. The molecule has 0 bridgehead atoms. The van der Waals surface area contributed by atoms with Crippen molar-refractivity contribution in [2.24, 2.45) is 0 Å². The molecule has 2 nitrogen and oxygen atoms in total. The molecule has 0 aromatic heterocycles. The highest BCUT2D eigenvalue weighted by atomic mass is 35.5. The molecule has 36 valence electrons. The first-order chi connectivity index (χ1) is 2.91. The second-order valence-corrected chi connectivity index (χ2v) is 0.363. The molecule has 0 saturated heterocycles. The number of halogens is 1. The molecule has 0 atom stereocenters. The van der Waals surface area contributed by atoms with Crippen LogP contribution in [0, 0.1) is 0 Å². The molecule has 0 spiro atoms. The minimum Gasteiger partial charge on any atom is -0.350 e. The number of hydrogen-bond acceptors (Lipinski definition) is 2. The highest BCUT2D eigenvalue weighted by Crippen LogP contribution is 1.62. The molecule has 0 amide bonds. The number of carbonyl (C=O) groups excluding carboxylic acids is 1. The van der Waals surface area contributed by atoms with Gasteiger partial charge in [-0.2, -0.15) is 0 Å². The van der Waals surface area contributed by atoms with Crippen LogP contribution >= 0.6 is 11.9 Å². The Morgan fingerprint density at radius 3 is 1.83 bits per heavy atom. The SMILES string of the molecule is C=C.O=COCl. The highest BCUT2D eigenvalue weighted by molar-refractivity contribution is 6.10. The van der Waals surface area contributed by atoms with E-state index in [-0.39, 0.29) is 6.47 Å². The van der Waals surface area contributed by atoms with Crippen molar-refractivity contribution < 1.29 is 9.08 Å². The van der Waals surface area contributed by atoms with Crippen LogP contribution in [0.1, 0.15) is 0 Å². The highest BCUT2D eigenvalue weighted by Gasteiger charge is 1.50. The van der Waals surface area contributed by atoms with Crippen molar-refractivity contribution in [1.29, 1.82) is 0 Å². The molecule has 0 aromatic carbocycles. The molecular formula is C3H5ClO2. The second kappa shape index (κ2) is 24.5. The van der Waals surface area contributed by atoms with Gasteiger partial charge in [0.05, 0.1) is 0 Å². The summed E-state index contributed by atoms with van der Waals surface area (Å²) in [5, 5.41) is 0. The van der Waals surface area contributed by atoms with Crippen molar-refractivity contribution in [3.63, 3.8) is 0 Å². The van der Waals surface area contributed by atoms with Crippen LogP contribution in [-0.2, 0) is 9.08 Å². The molecular weight excluding hydrogens is 103 g/mol. The molecule has 0 aliphatic heterocycles. The molecule has 0 aromatic rings. The first-order valence-electron chi connectivity index (χ1n) is 1.13. The molecule has 0 rings (SSSR count). The van der Waals surface area contributed by atoms with E-state index in [1.165, 1.54) is 0 Å². The van der Waals surface area contributed by atoms with Crippen LogP contribution < -0.4 is 0 Å². The van der Waals surface area contributed by atoms with E-state index in [2.05, 4.69) is 29.3 Å². The maximum Gasteiger partial charge on any atom is 0.312 e. The summed E-state index contributed by atoms with van der Waals surface area (Å²) in [6.07, 6.45) is 0. The standard InChI is InChI=1S/C2H4.CHClO2/c1-2;2-4-1-3/h1-2H2;1H. The Kier molecular flexibility index (Phi) is 37.1. The topological polar surface area (TPSA) is 26.3 Å². The van der Waals surface area contributed by atoms with E-state index >= 15 is 0 Å². The lowest BCUT2D eigenvalue weighted by Crippen LogP contribution is -1.57. The summed E-state index contributed by atoms with van der Waals surface area (Å²) >= 11 is 4.32. The lowest BCUT2D eigenvalue weighted by Gasteiger charge is -1.59. The minimum atomic E-state index is 0.140. The monoisotopic (exact) mass is 108 g/mol. The Morgan fingerprint density at radius 1 is 1.67 bits per heavy atom. The predicted octanol–water partition coefficient (Wildman–Crippen LogP) is 1.12. The van der Waals surface area contributed by atoms with Crippen molar-refractivity contribution >= 4 is 18.3 Å². The van der Waals surface area contributed by atoms with Crippen LogP contribution in [0.2, 0.25) is 0 Å². The van der Waals surface area contributed by atoms with Gasteiger partial charge in [0.15, 0.2) is 0 Å². The fraction of sp³-hybridized carbons (Fsp3) is 0. The third-order valence-electron chi connectivity index (χ3n) is 0.0364. The van der Waals surface area contributed by atoms with Crippen molar-refractivity contribution in [2.75, 3.05) is 0 Å². The summed E-state index contributed by atoms with van der Waals surface area (Å²) in [5.74, 6) is 0. The molecule has 6 heavy (non-hydrogen) atoms. The zero-order chi connectivity index (χ0) is 5.41. The van der Waals surface area contributed by atoms with Gasteiger partial charge in [0.25, 0.3) is 0 Å². The van der Waals surface area contributed by atoms with Crippen molar-refractivity contribution in [1.82, 2.24) is 0 Å². The normalized spacial score (nSPS) is 4.17. The van der Waals surface area contributed by atoms with E-state index in [0.717, 1.165) is 0 Å². The summed E-state index contributed by atoms with van der Waals surface area (Å²) in [6.45, 7) is 6.14. The Morgan fingerprint density at radius 2 is 1.83 bits per heavy atom. The van der Waals surface area contributed by atoms with Crippen LogP contribution in [0.3, 0.4) is 0 Å². The number of hydrogen-bond donors (Lipinski definition) is 0. The fourth-order valence-electron chi connectivity index (χ4n) is 0. The quantitative estimate of drug-likeness (QED) is 0.372. The Balaban J connectivity index is 0. The fourth-order valence-corrected chi connectivity index (χ4v) is 0. The van der Waals surface area contributed by atoms with Crippen LogP contribution in [0.5, 0.6) is 0 Å². The van der Waals surface area contributed by atoms with Crippen molar-refractivity contribution in [3.8, 4) is 0 Å². The van der Waals surface area contributed by atoms with Gasteiger partial charge in [-0.05, 0) is 0 Å². The predicted molar refractivity (Wildman–Crippen MR) is 24.3 cm³/mol. The molecule has 0 N–H and O–H groups in total. The first kappa shape index (κ1) is 9.09. The van der Waals surface area contributed by atoms with Crippen LogP contribution in [0.25, 0.3) is 0 Å². The largest absolute Gasteiger partial charge is 0.350 e. The van der Waals surface area contributed by atoms with E-state index in [9.17, 15) is 0 Å². The van der Waals surface area contributed by atoms with Crippen LogP contribution in [-0.4, -0.2) is 6.47 Å². The second-order valence-electron chi connectivity index (χ2n) is 0.185. The molecule has 0 aliphatic rings. The van der Waals surface area contributed by atoms with E-state index in [1.54, 1.807) is 0 Å². The number of carbonyl (C=O) groups is 1. The smallest absolute Gasteiger partial charge is 0.312 e. The molecule has 3 heteroatoms. The van der Waals surface area contributed by atoms with Crippen LogP contribution in [0.4, 0.5) is 0 Å². The van der Waals surface area contributed by atoms with Gasteiger partial charge in [0, 0.05) is 0 Å². The summed E-state index contributed by atoms with van der Waals surface area (Å²) in [4.78, 5) is 8.82. The molecule has 0 unspecified atom stereocenters. The van der Waals surface area contributed by atoms with Gasteiger partial charge in [-0.25, -0.2) is 0 Å². The third kappa shape index (κ3) is 87.5. The molecule has 0 aliphatic carbocycles. The summed E-state index contributed by atoms with van der Waals surface area (Å²) in [5.41, 5.74) is 0. The first-order valence-corrected chi connectivity index (χ1v) is 1.43. The lowest BCUT2D eigenvalue weighted by atomic mass is 11.3. The Hall–Kier alpha value is -0.500.